The van der Waals surface area contributed by atoms with Crippen LogP contribution in [-0.4, -0.2) is 21.0 Å². The van der Waals surface area contributed by atoms with Crippen molar-refractivity contribution in [3.05, 3.63) is 57.3 Å². The van der Waals surface area contributed by atoms with E-state index in [0.717, 1.165) is 17.7 Å². The summed E-state index contributed by atoms with van der Waals surface area (Å²) in [6, 6.07) is 3.73. The van der Waals surface area contributed by atoms with Gasteiger partial charge in [-0.05, 0) is 29.5 Å². The van der Waals surface area contributed by atoms with Crippen LogP contribution in [0.15, 0.2) is 40.6 Å². The van der Waals surface area contributed by atoms with E-state index < -0.39 is 0 Å². The fourth-order valence-electron chi connectivity index (χ4n) is 3.71. The molecule has 0 spiro atoms. The van der Waals surface area contributed by atoms with E-state index in [1.807, 2.05) is 12.1 Å². The summed E-state index contributed by atoms with van der Waals surface area (Å²) in [5.41, 5.74) is 2.83. The summed E-state index contributed by atoms with van der Waals surface area (Å²) >= 11 is 0. The van der Waals surface area contributed by atoms with Crippen molar-refractivity contribution in [2.24, 2.45) is 5.41 Å². The zero-order valence-corrected chi connectivity index (χ0v) is 13.1. The molecule has 1 unspecified atom stereocenters. The second kappa shape index (κ2) is 4.68. The number of nitrogens with zero attached hydrogens (tertiary/aromatic N) is 1. The highest BCUT2D eigenvalue weighted by atomic mass is 16.1. The minimum atomic E-state index is -0.345. The maximum Gasteiger partial charge on any atom is 0.270 e. The number of nitrogens with one attached hydrogen (secondary N) is 3. The maximum absolute atomic E-state index is 12.8. The number of carbonyl (C=O) groups is 1. The second-order valence-corrected chi connectivity index (χ2v) is 7.04. The van der Waals surface area contributed by atoms with Crippen LogP contribution in [0.5, 0.6) is 0 Å². The van der Waals surface area contributed by atoms with E-state index in [4.69, 9.17) is 0 Å². The van der Waals surface area contributed by atoms with Gasteiger partial charge in [-0.15, -0.1) is 0 Å². The molecule has 6 nitrogen and oxygen atoms in total. The third-order valence-electron chi connectivity index (χ3n) is 4.63. The fraction of sp³-hybridized carbons (Fsp3) is 0.353. The van der Waals surface area contributed by atoms with Crippen LogP contribution in [-0.2, 0) is 4.79 Å². The zero-order valence-electron chi connectivity index (χ0n) is 13.1. The average Bonchev–Trinajstić information content (AvgIpc) is 2.86. The average molecular weight is 310 g/mol. The van der Waals surface area contributed by atoms with Gasteiger partial charge in [-0.3, -0.25) is 24.8 Å². The van der Waals surface area contributed by atoms with E-state index in [0.29, 0.717) is 23.4 Å². The molecule has 6 heteroatoms. The van der Waals surface area contributed by atoms with Crippen LogP contribution in [0.25, 0.3) is 0 Å². The SMILES string of the molecule is CC1(C)CC(=O)C2=C(C1)Nc1[nH][nH]c(=O)c1C2c1ccncc1. The Labute approximate surface area is 133 Å². The molecule has 4 rings (SSSR count). The van der Waals surface area contributed by atoms with Crippen LogP contribution >= 0.6 is 0 Å². The molecule has 1 aliphatic heterocycles. The molecule has 0 fully saturated rings. The van der Waals surface area contributed by atoms with Crippen molar-refractivity contribution in [3.8, 4) is 0 Å². The lowest BCUT2D eigenvalue weighted by Crippen LogP contribution is -2.34. The number of rotatable bonds is 1. The number of H-pyrrole nitrogens is 2. The molecule has 2 aliphatic rings. The van der Waals surface area contributed by atoms with Gasteiger partial charge < -0.3 is 5.32 Å². The molecule has 0 bridgehead atoms. The van der Waals surface area contributed by atoms with Crippen LogP contribution < -0.4 is 10.9 Å². The number of anilines is 1. The lowest BCUT2D eigenvalue weighted by atomic mass is 9.69. The molecule has 2 aromatic rings. The molecule has 0 saturated heterocycles. The number of allylic oxidation sites excluding steroid dienone is 2. The number of hydrogen-bond donors (Lipinski definition) is 3. The van der Waals surface area contributed by atoms with Crippen molar-refractivity contribution in [1.82, 2.24) is 15.2 Å². The van der Waals surface area contributed by atoms with Gasteiger partial charge in [-0.2, -0.15) is 0 Å². The Morgan fingerprint density at radius 1 is 1.13 bits per heavy atom. The monoisotopic (exact) mass is 310 g/mol. The molecule has 1 aliphatic carbocycles. The van der Waals surface area contributed by atoms with Crippen LogP contribution in [0, 0.1) is 5.41 Å². The Bertz CT molecular complexity index is 873. The van der Waals surface area contributed by atoms with Crippen molar-refractivity contribution in [1.29, 1.82) is 0 Å². The highest BCUT2D eigenvalue weighted by molar-refractivity contribution is 6.01. The van der Waals surface area contributed by atoms with Gasteiger partial charge in [0.15, 0.2) is 5.78 Å². The molecule has 3 heterocycles. The van der Waals surface area contributed by atoms with Crippen molar-refractivity contribution in [2.45, 2.75) is 32.6 Å². The third-order valence-corrected chi connectivity index (χ3v) is 4.63. The highest BCUT2D eigenvalue weighted by Gasteiger charge is 2.42. The Morgan fingerprint density at radius 2 is 1.87 bits per heavy atom. The number of pyridine rings is 1. The smallest absolute Gasteiger partial charge is 0.270 e. The Morgan fingerprint density at radius 3 is 2.61 bits per heavy atom. The number of aromatic nitrogens is 3. The largest absolute Gasteiger partial charge is 0.343 e. The van der Waals surface area contributed by atoms with Crippen LogP contribution in [0.2, 0.25) is 0 Å². The summed E-state index contributed by atoms with van der Waals surface area (Å²) in [4.78, 5) is 29.2. The van der Waals surface area contributed by atoms with Gasteiger partial charge in [0, 0.05) is 36.0 Å². The Balaban J connectivity index is 1.96. The number of carbonyl (C=O) groups excluding carboxylic acids is 1. The molecular weight excluding hydrogens is 292 g/mol. The molecule has 1 atom stereocenters. The number of aromatic amines is 2. The van der Waals surface area contributed by atoms with Crippen molar-refractivity contribution in [2.75, 3.05) is 5.32 Å². The normalized spacial score (nSPS) is 22.3. The summed E-state index contributed by atoms with van der Waals surface area (Å²) in [5, 5.41) is 8.78. The highest BCUT2D eigenvalue weighted by Crippen LogP contribution is 2.47. The first-order chi connectivity index (χ1) is 11.0. The fourth-order valence-corrected chi connectivity index (χ4v) is 3.71. The van der Waals surface area contributed by atoms with Gasteiger partial charge in [0.25, 0.3) is 5.56 Å². The van der Waals surface area contributed by atoms with E-state index in [1.165, 1.54) is 0 Å². The molecule has 0 saturated carbocycles. The first kappa shape index (κ1) is 14.0. The zero-order chi connectivity index (χ0) is 16.2. The molecular formula is C17H18N4O2. The molecule has 0 radical (unpaired) electrons. The summed E-state index contributed by atoms with van der Waals surface area (Å²) in [5.74, 6) is 0.417. The maximum atomic E-state index is 12.8. The third kappa shape index (κ3) is 2.13. The van der Waals surface area contributed by atoms with Crippen LogP contribution in [0.1, 0.15) is 43.7 Å². The van der Waals surface area contributed by atoms with E-state index in [2.05, 4.69) is 34.3 Å². The molecule has 3 N–H and O–H groups in total. The van der Waals surface area contributed by atoms with Gasteiger partial charge in [0.05, 0.1) is 5.56 Å². The van der Waals surface area contributed by atoms with Gasteiger partial charge >= 0.3 is 0 Å². The Kier molecular flexibility index (Phi) is 2.85. The van der Waals surface area contributed by atoms with Gasteiger partial charge in [0.2, 0.25) is 0 Å². The predicted octanol–water partition coefficient (Wildman–Crippen LogP) is 2.30. The van der Waals surface area contributed by atoms with Crippen molar-refractivity contribution in [3.63, 3.8) is 0 Å². The second-order valence-electron chi connectivity index (χ2n) is 7.04. The number of ketones is 1. The van der Waals surface area contributed by atoms with Gasteiger partial charge in [0.1, 0.15) is 5.82 Å². The van der Waals surface area contributed by atoms with E-state index >= 15 is 0 Å². The molecule has 0 aromatic carbocycles. The first-order valence-electron chi connectivity index (χ1n) is 7.70. The number of fused-ring (bicyclic) bond motifs is 1. The van der Waals surface area contributed by atoms with Crippen molar-refractivity contribution >= 4 is 11.6 Å². The molecule has 0 amide bonds. The summed E-state index contributed by atoms with van der Waals surface area (Å²) in [6.07, 6.45) is 4.65. The predicted molar refractivity (Wildman–Crippen MR) is 86.2 cm³/mol. The number of hydrogen-bond acceptors (Lipinski definition) is 4. The van der Waals surface area contributed by atoms with Gasteiger partial charge in [-0.25, -0.2) is 0 Å². The molecule has 2 aromatic heterocycles. The lowest BCUT2D eigenvalue weighted by molar-refractivity contribution is -0.118. The summed E-state index contributed by atoms with van der Waals surface area (Å²) < 4.78 is 0. The Hall–Kier alpha value is -2.63. The molecule has 118 valence electrons. The van der Waals surface area contributed by atoms with Gasteiger partial charge in [-0.1, -0.05) is 13.8 Å². The summed E-state index contributed by atoms with van der Waals surface area (Å²) in [7, 11) is 0. The van der Waals surface area contributed by atoms with Crippen molar-refractivity contribution < 1.29 is 4.79 Å². The quantitative estimate of drug-likeness (QED) is 0.754. The summed E-state index contributed by atoms with van der Waals surface area (Å²) in [6.45, 7) is 4.18. The lowest BCUT2D eigenvalue weighted by Gasteiger charge is -2.37. The van der Waals surface area contributed by atoms with Crippen LogP contribution in [0.4, 0.5) is 5.82 Å². The number of Topliss-reactive ketones (excluding diaryl/α,β-unsaturated/α-hetero) is 1. The first-order valence-corrected chi connectivity index (χ1v) is 7.70. The standard InChI is InChI=1S/C17H18N4O2/c1-17(2)7-10-13(11(22)8-17)12(9-3-5-18-6-4-9)14-15(19-10)20-21-16(14)23/h3-6,12H,7-8H2,1-2H3,(H3,19,20,21,23). The van der Waals surface area contributed by atoms with E-state index in [-0.39, 0.29) is 22.7 Å². The van der Waals surface area contributed by atoms with E-state index in [1.54, 1.807) is 12.4 Å². The minimum Gasteiger partial charge on any atom is -0.343 e. The van der Waals surface area contributed by atoms with Crippen LogP contribution in [0.3, 0.4) is 0 Å². The topological polar surface area (TPSA) is 90.6 Å². The van der Waals surface area contributed by atoms with E-state index in [9.17, 15) is 9.59 Å². The molecule has 23 heavy (non-hydrogen) atoms. The minimum absolute atomic E-state index is 0.0835.